The van der Waals surface area contributed by atoms with E-state index in [9.17, 15) is 14.0 Å². The van der Waals surface area contributed by atoms with Gasteiger partial charge in [-0.1, -0.05) is 0 Å². The Balaban J connectivity index is 1.97. The Morgan fingerprint density at radius 1 is 1.16 bits per heavy atom. The van der Waals surface area contributed by atoms with E-state index in [1.165, 1.54) is 24.3 Å². The average Bonchev–Trinajstić information content (AvgIpc) is 2.75. The molecule has 0 saturated heterocycles. The van der Waals surface area contributed by atoms with Crippen LogP contribution in [-0.4, -0.2) is 29.7 Å². The van der Waals surface area contributed by atoms with Crippen LogP contribution in [0.5, 0.6) is 11.5 Å². The number of hydrogen-bond donors (Lipinski definition) is 2. The molecule has 0 fully saturated rings. The summed E-state index contributed by atoms with van der Waals surface area (Å²) in [5.74, 6) is 0.185. The summed E-state index contributed by atoms with van der Waals surface area (Å²) < 4.78 is 26.0. The molecule has 3 N–H and O–H groups in total. The van der Waals surface area contributed by atoms with Gasteiger partial charge in [-0.25, -0.2) is 4.39 Å². The van der Waals surface area contributed by atoms with Crippen molar-refractivity contribution >= 4 is 16.8 Å². The van der Waals surface area contributed by atoms with Gasteiger partial charge in [0, 0.05) is 31.3 Å². The predicted octanol–water partition coefficient (Wildman–Crippen LogP) is 2.93. The van der Waals surface area contributed by atoms with Crippen LogP contribution in [0.25, 0.3) is 10.9 Å². The SMILES string of the molecule is CCOCCn1c(=O)c(CN[C@@H](C)C(N)=O)cc2ccc(Oc3ccc(F)cc3)cc21. The number of primary amides is 1. The van der Waals surface area contributed by atoms with Crippen LogP contribution in [0.1, 0.15) is 19.4 Å². The summed E-state index contributed by atoms with van der Waals surface area (Å²) in [6.07, 6.45) is 0. The Hall–Kier alpha value is -3.23. The fourth-order valence-electron chi connectivity index (χ4n) is 3.13. The number of pyridine rings is 1. The number of halogens is 1. The standard InChI is InChI=1S/C23H26FN3O4/c1-3-30-11-10-27-21-13-20(31-19-8-5-18(24)6-9-19)7-4-16(21)12-17(23(27)29)14-26-15(2)22(25)28/h4-9,12-13,15,26H,3,10-11,14H2,1-2H3,(H2,25,28)/t15-/m0/s1. The summed E-state index contributed by atoms with van der Waals surface area (Å²) in [7, 11) is 0. The first-order valence-electron chi connectivity index (χ1n) is 10.1. The number of nitrogens with one attached hydrogen (secondary N) is 1. The average molecular weight is 427 g/mol. The van der Waals surface area contributed by atoms with Crippen LogP contribution in [0.4, 0.5) is 4.39 Å². The van der Waals surface area contributed by atoms with E-state index in [0.717, 1.165) is 5.39 Å². The molecule has 0 radical (unpaired) electrons. The van der Waals surface area contributed by atoms with Crippen molar-refractivity contribution in [1.29, 1.82) is 0 Å². The van der Waals surface area contributed by atoms with Crippen LogP contribution in [0.3, 0.4) is 0 Å². The molecule has 0 unspecified atom stereocenters. The summed E-state index contributed by atoms with van der Waals surface area (Å²) in [6.45, 7) is 5.03. The van der Waals surface area contributed by atoms with Crippen molar-refractivity contribution in [3.8, 4) is 11.5 Å². The molecule has 2 aromatic carbocycles. The van der Waals surface area contributed by atoms with Crippen LogP contribution < -0.4 is 21.3 Å². The van der Waals surface area contributed by atoms with E-state index in [2.05, 4.69) is 5.32 Å². The Labute approximate surface area is 179 Å². The highest BCUT2D eigenvalue weighted by Gasteiger charge is 2.13. The van der Waals surface area contributed by atoms with Gasteiger partial charge in [0.05, 0.1) is 18.2 Å². The zero-order valence-electron chi connectivity index (χ0n) is 17.6. The molecular weight excluding hydrogens is 401 g/mol. The molecule has 8 heteroatoms. The largest absolute Gasteiger partial charge is 0.457 e. The fraction of sp³-hybridized carbons (Fsp3) is 0.304. The van der Waals surface area contributed by atoms with E-state index in [4.69, 9.17) is 15.2 Å². The molecule has 1 aromatic heterocycles. The molecule has 0 spiro atoms. The molecule has 0 aliphatic rings. The second-order valence-corrected chi connectivity index (χ2v) is 7.10. The number of fused-ring (bicyclic) bond motifs is 1. The Morgan fingerprint density at radius 3 is 2.55 bits per heavy atom. The van der Waals surface area contributed by atoms with Crippen LogP contribution in [0, 0.1) is 5.82 Å². The van der Waals surface area contributed by atoms with Gasteiger partial charge in [0.2, 0.25) is 5.91 Å². The number of carbonyl (C=O) groups is 1. The minimum Gasteiger partial charge on any atom is -0.457 e. The van der Waals surface area contributed by atoms with Crippen molar-refractivity contribution in [3.63, 3.8) is 0 Å². The molecule has 1 amide bonds. The molecule has 0 aliphatic carbocycles. The number of aromatic nitrogens is 1. The van der Waals surface area contributed by atoms with Gasteiger partial charge >= 0.3 is 0 Å². The highest BCUT2D eigenvalue weighted by atomic mass is 19.1. The Kier molecular flexibility index (Phi) is 7.38. The third-order valence-electron chi connectivity index (χ3n) is 4.88. The van der Waals surface area contributed by atoms with E-state index >= 15 is 0 Å². The molecule has 164 valence electrons. The Bertz CT molecular complexity index is 1110. The number of rotatable bonds is 10. The van der Waals surface area contributed by atoms with Crippen LogP contribution in [-0.2, 0) is 22.6 Å². The maximum atomic E-state index is 13.1. The molecule has 1 atom stereocenters. The number of ether oxygens (including phenoxy) is 2. The summed E-state index contributed by atoms with van der Waals surface area (Å²) in [5, 5.41) is 3.81. The van der Waals surface area contributed by atoms with Crippen molar-refractivity contribution in [3.05, 3.63) is 70.3 Å². The number of hydrogen-bond acceptors (Lipinski definition) is 5. The summed E-state index contributed by atoms with van der Waals surface area (Å²) >= 11 is 0. The normalized spacial score (nSPS) is 12.1. The number of benzene rings is 2. The van der Waals surface area contributed by atoms with Gasteiger partial charge in [-0.05, 0) is 61.7 Å². The number of nitrogens with two attached hydrogens (primary N) is 1. The van der Waals surface area contributed by atoms with E-state index < -0.39 is 11.9 Å². The molecule has 7 nitrogen and oxygen atoms in total. The smallest absolute Gasteiger partial charge is 0.255 e. The van der Waals surface area contributed by atoms with Gasteiger partial charge in [0.15, 0.2) is 0 Å². The van der Waals surface area contributed by atoms with Crippen LogP contribution in [0.2, 0.25) is 0 Å². The van der Waals surface area contributed by atoms with Crippen molar-refractivity contribution in [2.24, 2.45) is 5.73 Å². The summed E-state index contributed by atoms with van der Waals surface area (Å²) in [4.78, 5) is 24.4. The van der Waals surface area contributed by atoms with E-state index in [1.807, 2.05) is 13.0 Å². The molecule has 3 aromatic rings. The monoisotopic (exact) mass is 427 g/mol. The second kappa shape index (κ2) is 10.2. The first kappa shape index (κ1) is 22.5. The second-order valence-electron chi connectivity index (χ2n) is 7.10. The van der Waals surface area contributed by atoms with Gasteiger partial charge in [-0.3, -0.25) is 9.59 Å². The Morgan fingerprint density at radius 2 is 1.87 bits per heavy atom. The summed E-state index contributed by atoms with van der Waals surface area (Å²) in [5.41, 5.74) is 6.32. The lowest BCUT2D eigenvalue weighted by molar-refractivity contribution is -0.119. The van der Waals surface area contributed by atoms with Crippen molar-refractivity contribution < 1.29 is 18.7 Å². The van der Waals surface area contributed by atoms with Gasteiger partial charge in [-0.2, -0.15) is 0 Å². The van der Waals surface area contributed by atoms with Crippen molar-refractivity contribution in [2.45, 2.75) is 33.0 Å². The maximum Gasteiger partial charge on any atom is 0.255 e. The quantitative estimate of drug-likeness (QED) is 0.485. The van der Waals surface area contributed by atoms with Crippen LogP contribution >= 0.6 is 0 Å². The lowest BCUT2D eigenvalue weighted by Gasteiger charge is -2.16. The molecule has 3 rings (SSSR count). The van der Waals surface area contributed by atoms with Crippen molar-refractivity contribution in [2.75, 3.05) is 13.2 Å². The maximum absolute atomic E-state index is 13.1. The van der Waals surface area contributed by atoms with E-state index in [1.54, 1.807) is 29.7 Å². The zero-order valence-corrected chi connectivity index (χ0v) is 17.6. The first-order valence-corrected chi connectivity index (χ1v) is 10.1. The number of nitrogens with zero attached hydrogens (tertiary/aromatic N) is 1. The molecular formula is C23H26FN3O4. The minimum absolute atomic E-state index is 0.185. The topological polar surface area (TPSA) is 95.6 Å². The van der Waals surface area contributed by atoms with Gasteiger partial charge in [0.1, 0.15) is 17.3 Å². The number of amides is 1. The molecule has 31 heavy (non-hydrogen) atoms. The lowest BCUT2D eigenvalue weighted by atomic mass is 10.1. The highest BCUT2D eigenvalue weighted by molar-refractivity contribution is 5.81. The third-order valence-corrected chi connectivity index (χ3v) is 4.88. The fourth-order valence-corrected chi connectivity index (χ4v) is 3.13. The third kappa shape index (κ3) is 5.68. The minimum atomic E-state index is -0.557. The van der Waals surface area contributed by atoms with Crippen LogP contribution in [0.15, 0.2) is 53.3 Å². The molecule has 0 aliphatic heterocycles. The molecule has 1 heterocycles. The van der Waals surface area contributed by atoms with E-state index in [0.29, 0.717) is 42.3 Å². The van der Waals surface area contributed by atoms with Gasteiger partial charge < -0.3 is 25.1 Å². The zero-order chi connectivity index (χ0) is 22.4. The predicted molar refractivity (Wildman–Crippen MR) is 117 cm³/mol. The van der Waals surface area contributed by atoms with Gasteiger partial charge in [0.25, 0.3) is 5.56 Å². The number of carbonyl (C=O) groups excluding carboxylic acids is 1. The summed E-state index contributed by atoms with van der Waals surface area (Å²) in [6, 6.07) is 12.4. The first-order chi connectivity index (χ1) is 14.9. The van der Waals surface area contributed by atoms with E-state index in [-0.39, 0.29) is 17.9 Å². The van der Waals surface area contributed by atoms with Gasteiger partial charge in [-0.15, -0.1) is 0 Å². The highest BCUT2D eigenvalue weighted by Crippen LogP contribution is 2.26. The molecule has 0 bridgehead atoms. The lowest BCUT2D eigenvalue weighted by Crippen LogP contribution is -2.39. The van der Waals surface area contributed by atoms with Crippen molar-refractivity contribution in [1.82, 2.24) is 9.88 Å². The molecule has 0 saturated carbocycles.